The zero-order chi connectivity index (χ0) is 43.2. The van der Waals surface area contributed by atoms with E-state index in [1.165, 1.54) is 6.07 Å². The molecule has 0 saturated carbocycles. The molecule has 2 nitrogen and oxygen atoms in total. The molecular formula is C46H32N2. The molecule has 0 aliphatic carbocycles. The lowest BCUT2D eigenvalue weighted by Gasteiger charge is -2.19. The molecule has 9 aromatic rings. The van der Waals surface area contributed by atoms with Gasteiger partial charge in [0.2, 0.25) is 0 Å². The third kappa shape index (κ3) is 4.70. The van der Waals surface area contributed by atoms with Crippen molar-refractivity contribution in [2.45, 2.75) is 6.85 Å². The van der Waals surface area contributed by atoms with Gasteiger partial charge in [0.15, 0.2) is 0 Å². The number of fused-ring (bicyclic) bond motifs is 3. The molecule has 1 aromatic heterocycles. The summed E-state index contributed by atoms with van der Waals surface area (Å²) in [6, 6.07) is 30.3. The zero-order valence-electron chi connectivity index (χ0n) is 38.4. The molecule has 0 N–H and O–H groups in total. The molecule has 0 atom stereocenters. The van der Waals surface area contributed by atoms with Gasteiger partial charge in [-0.3, -0.25) is 4.57 Å². The van der Waals surface area contributed by atoms with Crippen molar-refractivity contribution in [2.75, 3.05) is 0 Å². The van der Waals surface area contributed by atoms with Crippen LogP contribution in [0, 0.1) is 6.85 Å². The largest absolute Gasteiger partial charge is 0.297 e. The van der Waals surface area contributed by atoms with E-state index in [2.05, 4.69) is 4.98 Å². The first kappa shape index (κ1) is 17.6. The number of para-hydroxylation sites is 2. The highest BCUT2D eigenvalue weighted by Crippen LogP contribution is 2.45. The van der Waals surface area contributed by atoms with Crippen LogP contribution in [0.25, 0.3) is 82.8 Å². The Morgan fingerprint density at radius 2 is 0.958 bits per heavy atom. The van der Waals surface area contributed by atoms with Crippen molar-refractivity contribution >= 4 is 32.6 Å². The van der Waals surface area contributed by atoms with Gasteiger partial charge in [0.05, 0.1) is 24.7 Å². The van der Waals surface area contributed by atoms with Crippen LogP contribution in [0.4, 0.5) is 0 Å². The van der Waals surface area contributed by atoms with E-state index in [0.29, 0.717) is 27.8 Å². The van der Waals surface area contributed by atoms with Gasteiger partial charge < -0.3 is 0 Å². The highest BCUT2D eigenvalue weighted by molar-refractivity contribution is 6.21. The number of benzene rings is 8. The molecule has 0 saturated heterocycles. The number of rotatable bonds is 5. The van der Waals surface area contributed by atoms with Crippen LogP contribution in [0.3, 0.4) is 0 Å². The molecule has 8 aromatic carbocycles. The van der Waals surface area contributed by atoms with E-state index in [0.717, 1.165) is 32.7 Å². The van der Waals surface area contributed by atoms with Gasteiger partial charge >= 0.3 is 0 Å². The average Bonchev–Trinajstić information content (AvgIpc) is 3.66. The molecule has 0 spiro atoms. The molecule has 2 heteroatoms. The lowest BCUT2D eigenvalue weighted by molar-refractivity contribution is 1.00. The number of aryl methyl sites for hydroxylation is 1. The van der Waals surface area contributed by atoms with E-state index < -0.39 is 67.3 Å². The molecule has 1 heterocycles. The second-order valence-corrected chi connectivity index (χ2v) is 11.4. The first-order valence-electron chi connectivity index (χ1n) is 21.9. The molecule has 0 amide bonds. The molecule has 0 unspecified atom stereocenters. The van der Waals surface area contributed by atoms with Crippen LogP contribution < -0.4 is 0 Å². The lowest BCUT2D eigenvalue weighted by atomic mass is 9.84. The van der Waals surface area contributed by atoms with Crippen molar-refractivity contribution in [3.63, 3.8) is 0 Å². The Morgan fingerprint density at radius 1 is 0.479 bits per heavy atom. The topological polar surface area (TPSA) is 17.8 Å². The predicted octanol–water partition coefficient (Wildman–Crippen LogP) is 12.3. The van der Waals surface area contributed by atoms with Crippen molar-refractivity contribution in [1.29, 1.82) is 0 Å². The molecule has 9 rings (SSSR count). The van der Waals surface area contributed by atoms with E-state index >= 15 is 0 Å². The Balaban J connectivity index is 1.33. The maximum atomic E-state index is 8.87. The van der Waals surface area contributed by atoms with Gasteiger partial charge in [-0.05, 0) is 115 Å². The third-order valence-corrected chi connectivity index (χ3v) is 8.71. The van der Waals surface area contributed by atoms with Crippen LogP contribution in [0.1, 0.15) is 23.6 Å². The monoisotopic (exact) mass is 625 g/mol. The normalized spacial score (nSPS) is 15.5. The number of imidazole rings is 1. The molecular weight excluding hydrogens is 581 g/mol. The smallest absolute Gasteiger partial charge is 0.111 e. The summed E-state index contributed by atoms with van der Waals surface area (Å²) in [6.45, 7) is -2.47. The van der Waals surface area contributed by atoms with Gasteiger partial charge in [-0.15, -0.1) is 0 Å². The maximum Gasteiger partial charge on any atom is 0.111 e. The van der Waals surface area contributed by atoms with Crippen molar-refractivity contribution in [2.24, 2.45) is 0 Å². The van der Waals surface area contributed by atoms with E-state index in [1.807, 2.05) is 91.0 Å². The fourth-order valence-corrected chi connectivity index (χ4v) is 6.66. The minimum absolute atomic E-state index is 0.0458. The van der Waals surface area contributed by atoms with Gasteiger partial charge in [0, 0.05) is 9.80 Å². The highest BCUT2D eigenvalue weighted by atomic mass is 15.1. The van der Waals surface area contributed by atoms with Crippen molar-refractivity contribution in [3.8, 4) is 50.2 Å². The fraction of sp³-hybridized carbons (Fsp3) is 0.0217. The Hall–Kier alpha value is -6.25. The number of hydrogen-bond acceptors (Lipinski definition) is 1. The number of nitrogens with zero attached hydrogens (tertiary/aromatic N) is 2. The third-order valence-electron chi connectivity index (χ3n) is 8.71. The first-order valence-corrected chi connectivity index (χ1v) is 15.4. The number of aromatic nitrogens is 2. The van der Waals surface area contributed by atoms with Gasteiger partial charge in [-0.2, -0.15) is 0 Å². The molecule has 0 radical (unpaired) electrons. The summed E-state index contributed by atoms with van der Waals surface area (Å²) in [4.78, 5) is 4.46. The van der Waals surface area contributed by atoms with Crippen LogP contribution in [-0.4, -0.2) is 9.55 Å². The summed E-state index contributed by atoms with van der Waals surface area (Å²) in [7, 11) is 0. The van der Waals surface area contributed by atoms with Gasteiger partial charge in [-0.1, -0.05) is 133 Å². The maximum absolute atomic E-state index is 8.87. The molecule has 0 bridgehead atoms. The second-order valence-electron chi connectivity index (χ2n) is 11.4. The average molecular weight is 626 g/mol. The first-order chi connectivity index (χ1) is 29.1. The summed E-state index contributed by atoms with van der Waals surface area (Å²) in [5, 5.41) is 3.27. The Kier molecular flexibility index (Phi) is 4.23. The van der Waals surface area contributed by atoms with Crippen molar-refractivity contribution in [3.05, 3.63) is 182 Å². The van der Waals surface area contributed by atoms with Crippen LogP contribution in [0.15, 0.2) is 176 Å². The van der Waals surface area contributed by atoms with E-state index in [9.17, 15) is 0 Å². The molecule has 48 heavy (non-hydrogen) atoms. The van der Waals surface area contributed by atoms with Crippen LogP contribution in [-0.2, 0) is 0 Å². The zero-order valence-corrected chi connectivity index (χ0v) is 25.4. The molecule has 226 valence electrons. The second kappa shape index (κ2) is 11.5. The highest BCUT2D eigenvalue weighted by Gasteiger charge is 2.18. The molecule has 0 aliphatic rings. The minimum Gasteiger partial charge on any atom is -0.297 e. The summed E-state index contributed by atoms with van der Waals surface area (Å²) >= 11 is 0. The van der Waals surface area contributed by atoms with E-state index in [1.54, 1.807) is 22.8 Å². The quantitative estimate of drug-likeness (QED) is 0.174. The fourth-order valence-electron chi connectivity index (χ4n) is 6.66. The standard InChI is InChI=1S/C46H32N2/c1-31-47-43-22-12-13-23-44(43)48(31)38-26-24-34(25-27-38)45-39-18-8-10-20-41(39)46(42-21-11-9-19-40(42)45)37-29-35(32-14-4-2-5-15-32)28-36(30-37)33-16-6-3-7-17-33/h2-30H,1H3/i1D3,2D,3D,4D,5D,6D,7D,14D,15D,16D,17D. The van der Waals surface area contributed by atoms with Gasteiger partial charge in [0.1, 0.15) is 5.82 Å². The van der Waals surface area contributed by atoms with E-state index in [-0.39, 0.29) is 28.1 Å². The summed E-state index contributed by atoms with van der Waals surface area (Å²) in [6.07, 6.45) is 0. The Morgan fingerprint density at radius 3 is 1.50 bits per heavy atom. The molecule has 0 aliphatic heterocycles. The lowest BCUT2D eigenvalue weighted by Crippen LogP contribution is -1.97. The van der Waals surface area contributed by atoms with Crippen molar-refractivity contribution in [1.82, 2.24) is 9.55 Å². The van der Waals surface area contributed by atoms with Gasteiger partial charge in [-0.25, -0.2) is 4.98 Å². The SMILES string of the molecule is [2H]c1c([2H])c([2H])c(-c2cc(-c3c([2H])c([2H])c([2H])c([2H])c3[2H])cc(-c3c4ccccc4c(-c4ccc(-n5c(C([2H])([2H])[2H])nc6ccccc65)cc4)c4ccccc34)c2)c([2H])c1[2H]. The molecule has 0 fully saturated rings. The Labute approximate surface area is 298 Å². The van der Waals surface area contributed by atoms with Gasteiger partial charge in [0.25, 0.3) is 0 Å². The predicted molar refractivity (Wildman–Crippen MR) is 203 cm³/mol. The Bertz CT molecular complexity index is 3090. The van der Waals surface area contributed by atoms with Crippen LogP contribution in [0.2, 0.25) is 0 Å². The van der Waals surface area contributed by atoms with Crippen LogP contribution in [0.5, 0.6) is 0 Å². The summed E-state index contributed by atoms with van der Waals surface area (Å²) in [5.74, 6) is -0.0458. The number of hydrogen-bond donors (Lipinski definition) is 0. The summed E-state index contributed by atoms with van der Waals surface area (Å²) in [5.41, 5.74) is 5.02. The van der Waals surface area contributed by atoms with Crippen molar-refractivity contribution < 1.29 is 17.8 Å². The van der Waals surface area contributed by atoms with Crippen LogP contribution >= 0.6 is 0 Å². The summed E-state index contributed by atoms with van der Waals surface area (Å²) < 4.78 is 112. The van der Waals surface area contributed by atoms with E-state index in [4.69, 9.17) is 17.8 Å². The minimum atomic E-state index is -2.47.